The number of piperidine rings is 1. The van der Waals surface area contributed by atoms with Gasteiger partial charge in [0.2, 0.25) is 0 Å². The van der Waals surface area contributed by atoms with Crippen LogP contribution in [0, 0.1) is 18.7 Å². The van der Waals surface area contributed by atoms with Crippen molar-refractivity contribution in [2.24, 2.45) is 11.7 Å². The number of aryl methyl sites for hydroxylation is 1. The summed E-state index contributed by atoms with van der Waals surface area (Å²) in [4.78, 5) is 14.2. The van der Waals surface area contributed by atoms with E-state index in [1.165, 1.54) is 6.07 Å². The van der Waals surface area contributed by atoms with Crippen molar-refractivity contribution in [3.63, 3.8) is 0 Å². The standard InChI is InChI=1S/C15H21FN2O/c1-10-5-6-12(13(16)8-10)15(19)18-7-3-4-11(2)14(18)9-17/h5-6,8,11,14H,3-4,7,9,17H2,1-2H3/t11-,14+/m1/s1. The number of benzene rings is 1. The summed E-state index contributed by atoms with van der Waals surface area (Å²) >= 11 is 0. The van der Waals surface area contributed by atoms with Crippen LogP contribution >= 0.6 is 0 Å². The molecule has 104 valence electrons. The highest BCUT2D eigenvalue weighted by molar-refractivity contribution is 5.94. The number of hydrogen-bond donors (Lipinski definition) is 1. The molecule has 1 aromatic carbocycles. The van der Waals surface area contributed by atoms with E-state index in [1.807, 2.05) is 6.92 Å². The minimum atomic E-state index is -0.445. The lowest BCUT2D eigenvalue weighted by atomic mass is 9.90. The third-order valence-corrected chi connectivity index (χ3v) is 3.97. The Balaban J connectivity index is 2.27. The van der Waals surface area contributed by atoms with Crippen molar-refractivity contribution >= 4 is 5.91 Å². The molecule has 0 aliphatic carbocycles. The third kappa shape index (κ3) is 2.78. The molecule has 0 spiro atoms. The molecule has 19 heavy (non-hydrogen) atoms. The highest BCUT2D eigenvalue weighted by Gasteiger charge is 2.32. The molecule has 2 N–H and O–H groups in total. The van der Waals surface area contributed by atoms with Gasteiger partial charge < -0.3 is 10.6 Å². The summed E-state index contributed by atoms with van der Waals surface area (Å²) in [6.07, 6.45) is 2.03. The van der Waals surface area contributed by atoms with Gasteiger partial charge in [-0.2, -0.15) is 0 Å². The lowest BCUT2D eigenvalue weighted by Crippen LogP contribution is -2.51. The second kappa shape index (κ2) is 5.70. The molecule has 2 atom stereocenters. The molecule has 1 fully saturated rings. The normalized spacial score (nSPS) is 23.5. The minimum absolute atomic E-state index is 0.0157. The lowest BCUT2D eigenvalue weighted by Gasteiger charge is -2.39. The molecule has 1 saturated heterocycles. The zero-order chi connectivity index (χ0) is 14.0. The fraction of sp³-hybridized carbons (Fsp3) is 0.533. The van der Waals surface area contributed by atoms with Gasteiger partial charge in [0, 0.05) is 19.1 Å². The number of likely N-dealkylation sites (tertiary alicyclic amines) is 1. The van der Waals surface area contributed by atoms with Crippen molar-refractivity contribution < 1.29 is 9.18 Å². The number of nitrogens with zero attached hydrogens (tertiary/aromatic N) is 1. The Hall–Kier alpha value is -1.42. The number of halogens is 1. The molecule has 4 heteroatoms. The van der Waals surface area contributed by atoms with Gasteiger partial charge in [0.05, 0.1) is 5.56 Å². The van der Waals surface area contributed by atoms with Crippen LogP contribution in [0.15, 0.2) is 18.2 Å². The summed E-state index contributed by atoms with van der Waals surface area (Å²) in [5.41, 5.74) is 6.74. The molecule has 1 amide bonds. The van der Waals surface area contributed by atoms with E-state index in [0.717, 1.165) is 18.4 Å². The van der Waals surface area contributed by atoms with Gasteiger partial charge in [-0.1, -0.05) is 13.0 Å². The first-order valence-corrected chi connectivity index (χ1v) is 6.81. The highest BCUT2D eigenvalue weighted by Crippen LogP contribution is 2.25. The summed E-state index contributed by atoms with van der Waals surface area (Å²) < 4.78 is 13.9. The first-order valence-electron chi connectivity index (χ1n) is 6.81. The molecule has 1 aliphatic heterocycles. The molecule has 3 nitrogen and oxygen atoms in total. The number of carbonyl (C=O) groups is 1. The number of nitrogens with two attached hydrogens (primary N) is 1. The van der Waals surface area contributed by atoms with Crippen LogP contribution in [0.1, 0.15) is 35.7 Å². The van der Waals surface area contributed by atoms with Crippen LogP contribution in [0.3, 0.4) is 0 Å². The smallest absolute Gasteiger partial charge is 0.257 e. The van der Waals surface area contributed by atoms with Gasteiger partial charge in [-0.15, -0.1) is 0 Å². The van der Waals surface area contributed by atoms with Gasteiger partial charge >= 0.3 is 0 Å². The average Bonchev–Trinajstić information content (AvgIpc) is 2.37. The van der Waals surface area contributed by atoms with Crippen LogP contribution in [0.2, 0.25) is 0 Å². The van der Waals surface area contributed by atoms with E-state index in [0.29, 0.717) is 19.0 Å². The van der Waals surface area contributed by atoms with Gasteiger partial charge in [-0.05, 0) is 43.4 Å². The van der Waals surface area contributed by atoms with E-state index in [1.54, 1.807) is 17.0 Å². The Labute approximate surface area is 113 Å². The van der Waals surface area contributed by atoms with Crippen LogP contribution in [0.4, 0.5) is 4.39 Å². The molecule has 2 rings (SSSR count). The second-order valence-corrected chi connectivity index (χ2v) is 5.40. The predicted molar refractivity (Wildman–Crippen MR) is 73.4 cm³/mol. The van der Waals surface area contributed by atoms with Crippen LogP contribution in [0.5, 0.6) is 0 Å². The quantitative estimate of drug-likeness (QED) is 0.891. The van der Waals surface area contributed by atoms with Gasteiger partial charge in [0.1, 0.15) is 5.82 Å². The molecule has 1 aliphatic rings. The van der Waals surface area contributed by atoms with Crippen LogP contribution in [0.25, 0.3) is 0 Å². The van der Waals surface area contributed by atoms with Crippen molar-refractivity contribution in [1.82, 2.24) is 4.90 Å². The average molecular weight is 264 g/mol. The van der Waals surface area contributed by atoms with Crippen LogP contribution in [-0.4, -0.2) is 29.9 Å². The molecule has 0 radical (unpaired) electrons. The predicted octanol–water partition coefficient (Wildman–Crippen LogP) is 2.33. The maximum Gasteiger partial charge on any atom is 0.257 e. The topological polar surface area (TPSA) is 46.3 Å². The van der Waals surface area contributed by atoms with Crippen LogP contribution in [-0.2, 0) is 0 Å². The molecule has 0 bridgehead atoms. The number of rotatable bonds is 2. The Morgan fingerprint density at radius 3 is 2.89 bits per heavy atom. The largest absolute Gasteiger partial charge is 0.334 e. The zero-order valence-corrected chi connectivity index (χ0v) is 11.5. The Kier molecular flexibility index (Phi) is 4.20. The summed E-state index contributed by atoms with van der Waals surface area (Å²) in [7, 11) is 0. The molecule has 1 heterocycles. The minimum Gasteiger partial charge on any atom is -0.334 e. The number of carbonyl (C=O) groups excluding carboxylic acids is 1. The third-order valence-electron chi connectivity index (χ3n) is 3.97. The first-order chi connectivity index (χ1) is 9.04. The first kappa shape index (κ1) is 14.0. The van der Waals surface area contributed by atoms with Gasteiger partial charge in [-0.3, -0.25) is 4.79 Å². The molecular weight excluding hydrogens is 243 g/mol. The number of amides is 1. The Morgan fingerprint density at radius 2 is 2.26 bits per heavy atom. The van der Waals surface area contributed by atoms with E-state index < -0.39 is 5.82 Å². The molecule has 0 unspecified atom stereocenters. The summed E-state index contributed by atoms with van der Waals surface area (Å²) in [5.74, 6) is -0.310. The van der Waals surface area contributed by atoms with Gasteiger partial charge in [0.15, 0.2) is 0 Å². The lowest BCUT2D eigenvalue weighted by molar-refractivity contribution is 0.0528. The van der Waals surface area contributed by atoms with Crippen molar-refractivity contribution in [2.45, 2.75) is 32.7 Å². The van der Waals surface area contributed by atoms with Crippen molar-refractivity contribution in [1.29, 1.82) is 0 Å². The zero-order valence-electron chi connectivity index (χ0n) is 11.5. The maximum atomic E-state index is 13.9. The molecule has 0 saturated carbocycles. The molecule has 0 aromatic heterocycles. The summed E-state index contributed by atoms with van der Waals surface area (Å²) in [6, 6.07) is 4.75. The monoisotopic (exact) mass is 264 g/mol. The fourth-order valence-electron chi connectivity index (χ4n) is 2.81. The summed E-state index contributed by atoms with van der Waals surface area (Å²) in [6.45, 7) is 5.00. The fourth-order valence-corrected chi connectivity index (χ4v) is 2.81. The SMILES string of the molecule is Cc1ccc(C(=O)N2CCC[C@@H](C)[C@@H]2CN)c(F)c1. The van der Waals surface area contributed by atoms with Gasteiger partial charge in [-0.25, -0.2) is 4.39 Å². The van der Waals surface area contributed by atoms with E-state index in [-0.39, 0.29) is 17.5 Å². The van der Waals surface area contributed by atoms with Crippen LogP contribution < -0.4 is 5.73 Å². The molecule has 1 aromatic rings. The van der Waals surface area contributed by atoms with Crippen molar-refractivity contribution in [3.05, 3.63) is 35.1 Å². The van der Waals surface area contributed by atoms with E-state index in [2.05, 4.69) is 6.92 Å². The second-order valence-electron chi connectivity index (χ2n) is 5.40. The van der Waals surface area contributed by atoms with Crippen molar-refractivity contribution in [2.75, 3.05) is 13.1 Å². The maximum absolute atomic E-state index is 13.9. The van der Waals surface area contributed by atoms with Crippen molar-refractivity contribution in [3.8, 4) is 0 Å². The highest BCUT2D eigenvalue weighted by atomic mass is 19.1. The number of hydrogen-bond acceptors (Lipinski definition) is 2. The Morgan fingerprint density at radius 1 is 1.53 bits per heavy atom. The summed E-state index contributed by atoms with van der Waals surface area (Å²) in [5, 5.41) is 0. The van der Waals surface area contributed by atoms with Gasteiger partial charge in [0.25, 0.3) is 5.91 Å². The van der Waals surface area contributed by atoms with E-state index in [9.17, 15) is 9.18 Å². The van der Waals surface area contributed by atoms with E-state index >= 15 is 0 Å². The van der Waals surface area contributed by atoms with E-state index in [4.69, 9.17) is 5.73 Å². The molecular formula is C15H21FN2O. The Bertz CT molecular complexity index is 475.